The van der Waals surface area contributed by atoms with Gasteiger partial charge in [0, 0.05) is 24.3 Å². The standard InChI is InChI=1S/C19H16ClFN4O/c1-26-11-5-6-18(23-8-11)25-15-7-16(24-17-10-22-9-12(15)17)19-13(20)3-2-4-14(19)21/h2-8,22H,9-10H2,1H3,(H,23,24,25). The lowest BCUT2D eigenvalue weighted by molar-refractivity contribution is 0.413. The van der Waals surface area contributed by atoms with Crippen LogP contribution in [0.3, 0.4) is 0 Å². The third kappa shape index (κ3) is 3.09. The van der Waals surface area contributed by atoms with Crippen LogP contribution in [0.15, 0.2) is 42.6 Å². The van der Waals surface area contributed by atoms with Gasteiger partial charge in [-0.05, 0) is 30.3 Å². The first kappa shape index (κ1) is 16.8. The molecule has 0 radical (unpaired) electrons. The maximum Gasteiger partial charge on any atom is 0.137 e. The monoisotopic (exact) mass is 370 g/mol. The van der Waals surface area contributed by atoms with Crippen molar-refractivity contribution in [2.24, 2.45) is 0 Å². The molecule has 0 aliphatic carbocycles. The van der Waals surface area contributed by atoms with Crippen molar-refractivity contribution in [2.75, 3.05) is 12.4 Å². The average molecular weight is 371 g/mol. The van der Waals surface area contributed by atoms with E-state index in [0.717, 1.165) is 16.9 Å². The number of halogens is 2. The zero-order chi connectivity index (χ0) is 18.1. The first-order valence-electron chi connectivity index (χ1n) is 8.10. The van der Waals surface area contributed by atoms with Gasteiger partial charge < -0.3 is 15.4 Å². The smallest absolute Gasteiger partial charge is 0.137 e. The van der Waals surface area contributed by atoms with Crippen molar-refractivity contribution in [2.45, 2.75) is 13.1 Å². The number of ether oxygens (including phenoxy) is 1. The SMILES string of the molecule is COc1ccc(Nc2cc(-c3c(F)cccc3Cl)nc3c2CNC3)nc1. The van der Waals surface area contributed by atoms with Gasteiger partial charge in [0.25, 0.3) is 0 Å². The molecule has 1 aromatic carbocycles. The van der Waals surface area contributed by atoms with Crippen LogP contribution in [0, 0.1) is 5.82 Å². The van der Waals surface area contributed by atoms with Crippen LogP contribution in [0.4, 0.5) is 15.9 Å². The maximum absolute atomic E-state index is 14.3. The molecule has 3 heterocycles. The molecule has 5 nitrogen and oxygen atoms in total. The predicted octanol–water partition coefficient (Wildman–Crippen LogP) is 4.29. The summed E-state index contributed by atoms with van der Waals surface area (Å²) in [4.78, 5) is 8.94. The number of fused-ring (bicyclic) bond motifs is 1. The highest BCUT2D eigenvalue weighted by molar-refractivity contribution is 6.33. The first-order chi connectivity index (χ1) is 12.7. The van der Waals surface area contributed by atoms with Gasteiger partial charge in [-0.3, -0.25) is 4.98 Å². The molecule has 26 heavy (non-hydrogen) atoms. The Morgan fingerprint density at radius 1 is 1.23 bits per heavy atom. The van der Waals surface area contributed by atoms with Crippen molar-refractivity contribution >= 4 is 23.1 Å². The number of methoxy groups -OCH3 is 1. The van der Waals surface area contributed by atoms with Crippen LogP contribution in [0.25, 0.3) is 11.3 Å². The minimum absolute atomic E-state index is 0.301. The molecular formula is C19H16ClFN4O. The van der Waals surface area contributed by atoms with E-state index >= 15 is 0 Å². The molecule has 0 fully saturated rings. The molecule has 1 aliphatic heterocycles. The van der Waals surface area contributed by atoms with Gasteiger partial charge in [-0.25, -0.2) is 9.37 Å². The number of hydrogen-bond acceptors (Lipinski definition) is 5. The fourth-order valence-electron chi connectivity index (χ4n) is 2.97. The van der Waals surface area contributed by atoms with Crippen molar-refractivity contribution in [3.05, 3.63) is 64.7 Å². The highest BCUT2D eigenvalue weighted by Gasteiger charge is 2.21. The fraction of sp³-hybridized carbons (Fsp3) is 0.158. The number of benzene rings is 1. The lowest BCUT2D eigenvalue weighted by Crippen LogP contribution is -2.02. The number of aromatic nitrogens is 2. The van der Waals surface area contributed by atoms with Crippen LogP contribution < -0.4 is 15.4 Å². The predicted molar refractivity (Wildman–Crippen MR) is 99.3 cm³/mol. The lowest BCUT2D eigenvalue weighted by atomic mass is 10.1. The molecule has 1 aliphatic rings. The molecule has 2 N–H and O–H groups in total. The minimum atomic E-state index is -0.399. The van der Waals surface area contributed by atoms with Crippen molar-refractivity contribution in [1.29, 1.82) is 0 Å². The van der Waals surface area contributed by atoms with Crippen molar-refractivity contribution in [3.8, 4) is 17.0 Å². The second kappa shape index (κ2) is 6.90. The van der Waals surface area contributed by atoms with Crippen LogP contribution >= 0.6 is 11.6 Å². The van der Waals surface area contributed by atoms with Crippen LogP contribution in [-0.4, -0.2) is 17.1 Å². The van der Waals surface area contributed by atoms with E-state index in [9.17, 15) is 4.39 Å². The Morgan fingerprint density at radius 3 is 2.85 bits per heavy atom. The summed E-state index contributed by atoms with van der Waals surface area (Å²) in [5.74, 6) is 0.942. The Kier molecular flexibility index (Phi) is 4.44. The Morgan fingerprint density at radius 2 is 2.12 bits per heavy atom. The zero-order valence-corrected chi connectivity index (χ0v) is 14.8. The summed E-state index contributed by atoms with van der Waals surface area (Å²) < 4.78 is 19.5. The van der Waals surface area contributed by atoms with E-state index in [-0.39, 0.29) is 0 Å². The number of nitrogens with one attached hydrogen (secondary N) is 2. The number of pyridine rings is 2. The normalized spacial score (nSPS) is 12.7. The zero-order valence-electron chi connectivity index (χ0n) is 14.0. The Labute approximate surface area is 155 Å². The molecule has 7 heteroatoms. The second-order valence-electron chi connectivity index (χ2n) is 5.89. The molecular weight excluding hydrogens is 355 g/mol. The van der Waals surface area contributed by atoms with Gasteiger partial charge in [0.15, 0.2) is 0 Å². The van der Waals surface area contributed by atoms with Gasteiger partial charge in [-0.2, -0.15) is 0 Å². The van der Waals surface area contributed by atoms with Gasteiger partial charge in [0.2, 0.25) is 0 Å². The Bertz CT molecular complexity index is 942. The molecule has 0 atom stereocenters. The van der Waals surface area contributed by atoms with E-state index in [1.165, 1.54) is 6.07 Å². The summed E-state index contributed by atoms with van der Waals surface area (Å²) in [7, 11) is 1.59. The number of hydrogen-bond donors (Lipinski definition) is 2. The number of anilines is 2. The maximum atomic E-state index is 14.3. The number of nitrogens with zero attached hydrogens (tertiary/aromatic N) is 2. The molecule has 0 amide bonds. The first-order valence-corrected chi connectivity index (χ1v) is 8.48. The van der Waals surface area contributed by atoms with E-state index in [1.807, 2.05) is 18.2 Å². The molecule has 0 saturated heterocycles. The fourth-order valence-corrected chi connectivity index (χ4v) is 3.23. The van der Waals surface area contributed by atoms with Gasteiger partial charge in [-0.15, -0.1) is 0 Å². The third-order valence-corrected chi connectivity index (χ3v) is 4.57. The van der Waals surface area contributed by atoms with E-state index in [1.54, 1.807) is 25.4 Å². The van der Waals surface area contributed by atoms with Crippen LogP contribution in [0.5, 0.6) is 5.75 Å². The number of rotatable bonds is 4. The molecule has 2 aromatic heterocycles. The van der Waals surface area contributed by atoms with Gasteiger partial charge in [0.05, 0.1) is 35.3 Å². The van der Waals surface area contributed by atoms with Crippen LogP contribution in [0.1, 0.15) is 11.3 Å². The summed E-state index contributed by atoms with van der Waals surface area (Å²) >= 11 is 6.22. The van der Waals surface area contributed by atoms with Crippen LogP contribution in [0.2, 0.25) is 5.02 Å². The van der Waals surface area contributed by atoms with Crippen molar-refractivity contribution in [3.63, 3.8) is 0 Å². The van der Waals surface area contributed by atoms with Crippen molar-refractivity contribution in [1.82, 2.24) is 15.3 Å². The highest BCUT2D eigenvalue weighted by Crippen LogP contribution is 2.35. The topological polar surface area (TPSA) is 59.1 Å². The van der Waals surface area contributed by atoms with E-state index in [0.29, 0.717) is 40.9 Å². The van der Waals surface area contributed by atoms with Crippen LogP contribution in [-0.2, 0) is 13.1 Å². The minimum Gasteiger partial charge on any atom is -0.495 e. The van der Waals surface area contributed by atoms with E-state index in [2.05, 4.69) is 20.6 Å². The summed E-state index contributed by atoms with van der Waals surface area (Å²) in [5, 5.41) is 6.89. The quantitative estimate of drug-likeness (QED) is 0.717. The molecule has 0 bridgehead atoms. The summed E-state index contributed by atoms with van der Waals surface area (Å²) in [6.45, 7) is 1.31. The Hall–Kier alpha value is -2.70. The van der Waals surface area contributed by atoms with Gasteiger partial charge in [-0.1, -0.05) is 17.7 Å². The van der Waals surface area contributed by atoms with Gasteiger partial charge in [0.1, 0.15) is 17.4 Å². The van der Waals surface area contributed by atoms with E-state index in [4.69, 9.17) is 16.3 Å². The molecule has 3 aromatic rings. The summed E-state index contributed by atoms with van der Waals surface area (Å²) in [6, 6.07) is 10.1. The molecule has 0 spiro atoms. The largest absolute Gasteiger partial charge is 0.495 e. The second-order valence-corrected chi connectivity index (χ2v) is 6.30. The van der Waals surface area contributed by atoms with Crippen molar-refractivity contribution < 1.29 is 9.13 Å². The molecule has 4 rings (SSSR count). The summed E-state index contributed by atoms with van der Waals surface area (Å²) in [5.41, 5.74) is 3.53. The van der Waals surface area contributed by atoms with Gasteiger partial charge >= 0.3 is 0 Å². The average Bonchev–Trinajstić information content (AvgIpc) is 3.11. The molecule has 0 unspecified atom stereocenters. The molecule has 132 valence electrons. The van der Waals surface area contributed by atoms with E-state index < -0.39 is 5.82 Å². The molecule has 0 saturated carbocycles. The summed E-state index contributed by atoms with van der Waals surface area (Å²) in [6.07, 6.45) is 1.64. The highest BCUT2D eigenvalue weighted by atomic mass is 35.5. The lowest BCUT2D eigenvalue weighted by Gasteiger charge is -2.14. The third-order valence-electron chi connectivity index (χ3n) is 4.26. The Balaban J connectivity index is 1.78.